The van der Waals surface area contributed by atoms with Crippen molar-refractivity contribution in [3.8, 4) is 0 Å². The maximum Gasteiger partial charge on any atom is 0.122 e. The standard InChI is InChI=1S/C16H28N2O2/c1-4-14(17)16(15-6-5-11(2)20-15)18-9-7-13(8-10-18)12(3)19/h5-6,12-14,16,19H,4,7-10,17H2,1-3H3. The summed E-state index contributed by atoms with van der Waals surface area (Å²) < 4.78 is 5.83. The minimum absolute atomic E-state index is 0.0867. The lowest BCUT2D eigenvalue weighted by molar-refractivity contribution is 0.0442. The smallest absolute Gasteiger partial charge is 0.122 e. The fourth-order valence-electron chi connectivity index (χ4n) is 3.18. The number of piperidine rings is 1. The van der Waals surface area contributed by atoms with Crippen molar-refractivity contribution in [3.63, 3.8) is 0 Å². The predicted molar refractivity (Wildman–Crippen MR) is 80.4 cm³/mol. The first kappa shape index (κ1) is 15.5. The Morgan fingerprint density at radius 3 is 2.50 bits per heavy atom. The van der Waals surface area contributed by atoms with E-state index in [0.29, 0.717) is 5.92 Å². The van der Waals surface area contributed by atoms with Crippen molar-refractivity contribution in [2.45, 2.75) is 58.2 Å². The molecular formula is C16H28N2O2. The quantitative estimate of drug-likeness (QED) is 0.869. The van der Waals surface area contributed by atoms with Gasteiger partial charge in [-0.2, -0.15) is 0 Å². The van der Waals surface area contributed by atoms with Crippen LogP contribution in [0.1, 0.15) is 50.7 Å². The molecule has 0 radical (unpaired) electrons. The first-order valence-electron chi connectivity index (χ1n) is 7.77. The number of nitrogens with zero attached hydrogens (tertiary/aromatic N) is 1. The van der Waals surface area contributed by atoms with Crippen LogP contribution in [0.5, 0.6) is 0 Å². The van der Waals surface area contributed by atoms with E-state index in [1.165, 1.54) is 0 Å². The van der Waals surface area contributed by atoms with Gasteiger partial charge in [-0.1, -0.05) is 6.92 Å². The number of furan rings is 1. The van der Waals surface area contributed by atoms with Crippen molar-refractivity contribution in [2.24, 2.45) is 11.7 Å². The summed E-state index contributed by atoms with van der Waals surface area (Å²) in [7, 11) is 0. The van der Waals surface area contributed by atoms with E-state index >= 15 is 0 Å². The second-order valence-electron chi connectivity index (χ2n) is 6.08. The molecule has 3 unspecified atom stereocenters. The van der Waals surface area contributed by atoms with Crippen molar-refractivity contribution < 1.29 is 9.52 Å². The molecule has 4 nitrogen and oxygen atoms in total. The first-order valence-corrected chi connectivity index (χ1v) is 7.77. The second-order valence-corrected chi connectivity index (χ2v) is 6.08. The molecule has 1 aromatic rings. The van der Waals surface area contributed by atoms with E-state index in [0.717, 1.165) is 43.9 Å². The fourth-order valence-corrected chi connectivity index (χ4v) is 3.18. The van der Waals surface area contributed by atoms with Crippen LogP contribution in [0.15, 0.2) is 16.5 Å². The molecule has 0 aromatic carbocycles. The van der Waals surface area contributed by atoms with Gasteiger partial charge in [0.15, 0.2) is 0 Å². The summed E-state index contributed by atoms with van der Waals surface area (Å²) >= 11 is 0. The van der Waals surface area contributed by atoms with Crippen molar-refractivity contribution in [3.05, 3.63) is 23.7 Å². The van der Waals surface area contributed by atoms with Gasteiger partial charge in [-0.25, -0.2) is 0 Å². The molecule has 0 spiro atoms. The van der Waals surface area contributed by atoms with Gasteiger partial charge >= 0.3 is 0 Å². The van der Waals surface area contributed by atoms with Gasteiger partial charge in [0.05, 0.1) is 12.1 Å². The maximum atomic E-state index is 9.72. The topological polar surface area (TPSA) is 62.6 Å². The third kappa shape index (κ3) is 3.43. The molecular weight excluding hydrogens is 252 g/mol. The van der Waals surface area contributed by atoms with Gasteiger partial charge in [0, 0.05) is 6.04 Å². The SMILES string of the molecule is CCC(N)C(c1ccc(C)o1)N1CCC(C(C)O)CC1. The predicted octanol–water partition coefficient (Wildman–Crippen LogP) is 2.46. The number of nitrogens with two attached hydrogens (primary N) is 1. The van der Waals surface area contributed by atoms with Crippen LogP contribution in [0.25, 0.3) is 0 Å². The molecule has 2 heterocycles. The Bertz CT molecular complexity index is 408. The zero-order chi connectivity index (χ0) is 14.7. The Morgan fingerprint density at radius 1 is 1.40 bits per heavy atom. The van der Waals surface area contributed by atoms with Crippen LogP contribution >= 0.6 is 0 Å². The van der Waals surface area contributed by atoms with E-state index < -0.39 is 0 Å². The van der Waals surface area contributed by atoms with Crippen LogP contribution in [-0.2, 0) is 0 Å². The summed E-state index contributed by atoms with van der Waals surface area (Å²) in [5.41, 5.74) is 6.33. The average Bonchev–Trinajstić information content (AvgIpc) is 2.85. The molecule has 0 aliphatic carbocycles. The van der Waals surface area contributed by atoms with Crippen LogP contribution in [0.2, 0.25) is 0 Å². The molecule has 3 atom stereocenters. The third-order valence-electron chi connectivity index (χ3n) is 4.58. The Labute approximate surface area is 121 Å². The minimum atomic E-state index is -0.207. The van der Waals surface area contributed by atoms with Gasteiger partial charge < -0.3 is 15.3 Å². The largest absolute Gasteiger partial charge is 0.465 e. The van der Waals surface area contributed by atoms with E-state index in [4.69, 9.17) is 10.2 Å². The van der Waals surface area contributed by atoms with Crippen LogP contribution in [-0.4, -0.2) is 35.2 Å². The molecule has 0 bridgehead atoms. The van der Waals surface area contributed by atoms with E-state index in [1.54, 1.807) is 0 Å². The second kappa shape index (κ2) is 6.74. The normalized spacial score (nSPS) is 22.6. The van der Waals surface area contributed by atoms with Crippen molar-refractivity contribution in [2.75, 3.05) is 13.1 Å². The average molecular weight is 280 g/mol. The summed E-state index contributed by atoms with van der Waals surface area (Å²) in [6.07, 6.45) is 2.79. The summed E-state index contributed by atoms with van der Waals surface area (Å²) in [4.78, 5) is 2.42. The molecule has 1 fully saturated rings. The highest BCUT2D eigenvalue weighted by Gasteiger charge is 2.32. The summed E-state index contributed by atoms with van der Waals surface area (Å²) in [6.45, 7) is 7.94. The van der Waals surface area contributed by atoms with Gasteiger partial charge in [0.2, 0.25) is 0 Å². The van der Waals surface area contributed by atoms with Crippen molar-refractivity contribution >= 4 is 0 Å². The van der Waals surface area contributed by atoms with Crippen LogP contribution < -0.4 is 5.73 Å². The zero-order valence-electron chi connectivity index (χ0n) is 12.9. The van der Waals surface area contributed by atoms with Gasteiger partial charge in [-0.05, 0) is 64.3 Å². The van der Waals surface area contributed by atoms with E-state index in [9.17, 15) is 5.11 Å². The van der Waals surface area contributed by atoms with Crippen LogP contribution in [0.3, 0.4) is 0 Å². The Balaban J connectivity index is 2.09. The Hall–Kier alpha value is -0.840. The van der Waals surface area contributed by atoms with E-state index in [-0.39, 0.29) is 18.2 Å². The van der Waals surface area contributed by atoms with E-state index in [2.05, 4.69) is 17.9 Å². The number of aliphatic hydroxyl groups excluding tert-OH is 1. The van der Waals surface area contributed by atoms with E-state index in [1.807, 2.05) is 19.9 Å². The molecule has 1 aliphatic heterocycles. The fraction of sp³-hybridized carbons (Fsp3) is 0.750. The van der Waals surface area contributed by atoms with Gasteiger partial charge in [0.1, 0.15) is 11.5 Å². The molecule has 3 N–H and O–H groups in total. The number of hydrogen-bond donors (Lipinski definition) is 2. The molecule has 114 valence electrons. The van der Waals surface area contributed by atoms with Gasteiger partial charge in [-0.15, -0.1) is 0 Å². The summed E-state index contributed by atoms with van der Waals surface area (Å²) in [5.74, 6) is 2.34. The number of hydrogen-bond acceptors (Lipinski definition) is 4. The lowest BCUT2D eigenvalue weighted by atomic mass is 9.90. The lowest BCUT2D eigenvalue weighted by Crippen LogP contribution is -2.45. The third-order valence-corrected chi connectivity index (χ3v) is 4.58. The molecule has 0 saturated carbocycles. The van der Waals surface area contributed by atoms with Crippen LogP contribution in [0.4, 0.5) is 0 Å². The molecule has 1 aliphatic rings. The monoisotopic (exact) mass is 280 g/mol. The highest BCUT2D eigenvalue weighted by Crippen LogP contribution is 2.31. The minimum Gasteiger partial charge on any atom is -0.465 e. The summed E-state index contributed by atoms with van der Waals surface area (Å²) in [5, 5.41) is 9.72. The van der Waals surface area contributed by atoms with Gasteiger partial charge in [-0.3, -0.25) is 4.90 Å². The number of rotatable bonds is 5. The Morgan fingerprint density at radius 2 is 2.05 bits per heavy atom. The molecule has 1 saturated heterocycles. The summed E-state index contributed by atoms with van der Waals surface area (Å²) in [6, 6.07) is 4.30. The molecule has 4 heteroatoms. The highest BCUT2D eigenvalue weighted by molar-refractivity contribution is 5.12. The highest BCUT2D eigenvalue weighted by atomic mass is 16.3. The number of aryl methyl sites for hydroxylation is 1. The number of aliphatic hydroxyl groups is 1. The first-order chi connectivity index (χ1) is 9.52. The lowest BCUT2D eigenvalue weighted by Gasteiger charge is -2.39. The molecule has 0 amide bonds. The zero-order valence-corrected chi connectivity index (χ0v) is 12.9. The molecule has 20 heavy (non-hydrogen) atoms. The number of likely N-dealkylation sites (tertiary alicyclic amines) is 1. The molecule has 1 aromatic heterocycles. The van der Waals surface area contributed by atoms with Crippen molar-refractivity contribution in [1.29, 1.82) is 0 Å². The van der Waals surface area contributed by atoms with Crippen LogP contribution in [0, 0.1) is 12.8 Å². The molecule has 2 rings (SSSR count). The van der Waals surface area contributed by atoms with Gasteiger partial charge in [0.25, 0.3) is 0 Å². The Kier molecular flexibility index (Phi) is 5.24. The maximum absolute atomic E-state index is 9.72. The van der Waals surface area contributed by atoms with Crippen molar-refractivity contribution in [1.82, 2.24) is 4.90 Å².